The summed E-state index contributed by atoms with van der Waals surface area (Å²) >= 11 is 8.46. The van der Waals surface area contributed by atoms with E-state index in [1.165, 1.54) is 4.90 Å². The Labute approximate surface area is 108 Å². The molecular weight excluding hydrogens is 262 g/mol. The minimum absolute atomic E-state index is 0.751. The number of hydrogen-bond acceptors (Lipinski definition) is 4. The largest absolute Gasteiger partial charge is 0.251 e. The van der Waals surface area contributed by atoms with E-state index < -0.39 is 0 Å². The molecule has 0 saturated heterocycles. The van der Waals surface area contributed by atoms with Gasteiger partial charge in [0, 0.05) is 21.4 Å². The van der Waals surface area contributed by atoms with Crippen LogP contribution in [0, 0.1) is 5.31 Å². The summed E-state index contributed by atoms with van der Waals surface area (Å²) in [5.41, 5.74) is 3.60. The number of benzene rings is 1. The van der Waals surface area contributed by atoms with E-state index in [2.05, 4.69) is 15.8 Å². The lowest BCUT2D eigenvalue weighted by molar-refractivity contribution is 1.01. The van der Waals surface area contributed by atoms with Gasteiger partial charge in [-0.3, -0.25) is 5.14 Å². The molecule has 0 unspecified atom stereocenters. The standard InChI is InChI=1S/C10H12ClN3S2/c1-8(14-13-7-16-12)6-15-10-4-2-9(11)3-5-10/h2-5,13H,6,12H2,1H3. The molecule has 0 aliphatic rings. The highest BCUT2D eigenvalue weighted by Gasteiger charge is 1.96. The van der Waals surface area contributed by atoms with Gasteiger partial charge in [-0.1, -0.05) is 11.6 Å². The van der Waals surface area contributed by atoms with Crippen LogP contribution in [0.25, 0.3) is 0 Å². The number of halogens is 1. The summed E-state index contributed by atoms with van der Waals surface area (Å²) in [4.78, 5) is 1.17. The number of hydrazone groups is 1. The fraction of sp³-hybridized carbons (Fsp3) is 0.200. The zero-order valence-corrected chi connectivity index (χ0v) is 11.1. The Balaban J connectivity index is 2.41. The second kappa shape index (κ2) is 7.54. The molecule has 1 aromatic rings. The lowest BCUT2D eigenvalue weighted by Crippen LogP contribution is -2.03. The smallest absolute Gasteiger partial charge is 0.0568 e. The average molecular weight is 274 g/mol. The van der Waals surface area contributed by atoms with Gasteiger partial charge in [-0.05, 0) is 42.5 Å². The van der Waals surface area contributed by atoms with Crippen molar-refractivity contribution in [2.24, 2.45) is 10.2 Å². The van der Waals surface area contributed by atoms with Gasteiger partial charge in [0.25, 0.3) is 0 Å². The van der Waals surface area contributed by atoms with Crippen molar-refractivity contribution in [2.45, 2.75) is 11.8 Å². The van der Waals surface area contributed by atoms with Crippen LogP contribution in [-0.4, -0.2) is 11.5 Å². The Morgan fingerprint density at radius 2 is 2.19 bits per heavy atom. The molecule has 0 spiro atoms. The number of hydrogen-bond donors (Lipinski definition) is 2. The molecule has 0 aliphatic carbocycles. The molecule has 0 radical (unpaired) electrons. The zero-order valence-electron chi connectivity index (χ0n) is 8.74. The van der Waals surface area contributed by atoms with Crippen LogP contribution in [-0.2, 0) is 0 Å². The number of nitrogens with two attached hydrogens (primary N) is 1. The second-order valence-electron chi connectivity index (χ2n) is 2.92. The van der Waals surface area contributed by atoms with Gasteiger partial charge in [-0.2, -0.15) is 5.10 Å². The summed E-state index contributed by atoms with van der Waals surface area (Å²) < 4.78 is 0. The van der Waals surface area contributed by atoms with Crippen LogP contribution < -0.4 is 10.6 Å². The van der Waals surface area contributed by atoms with Crippen molar-refractivity contribution in [3.05, 3.63) is 29.3 Å². The van der Waals surface area contributed by atoms with Crippen LogP contribution in [0.4, 0.5) is 0 Å². The molecule has 6 heteroatoms. The third kappa shape index (κ3) is 5.39. The Morgan fingerprint density at radius 1 is 1.50 bits per heavy atom. The van der Waals surface area contributed by atoms with Crippen molar-refractivity contribution in [2.75, 3.05) is 5.75 Å². The topological polar surface area (TPSA) is 50.4 Å². The van der Waals surface area contributed by atoms with E-state index in [-0.39, 0.29) is 0 Å². The normalized spacial score (nSPS) is 10.8. The van der Waals surface area contributed by atoms with Gasteiger partial charge in [0.15, 0.2) is 0 Å². The van der Waals surface area contributed by atoms with Gasteiger partial charge in [0.1, 0.15) is 0 Å². The fourth-order valence-electron chi connectivity index (χ4n) is 0.895. The minimum Gasteiger partial charge on any atom is -0.251 e. The van der Waals surface area contributed by atoms with Gasteiger partial charge >= 0.3 is 0 Å². The highest BCUT2D eigenvalue weighted by atomic mass is 35.5. The third-order valence-electron chi connectivity index (χ3n) is 1.61. The Hall–Kier alpha value is -0.710. The van der Waals surface area contributed by atoms with E-state index in [1.54, 1.807) is 11.8 Å². The van der Waals surface area contributed by atoms with E-state index in [0.29, 0.717) is 0 Å². The number of thioether (sulfide) groups is 1. The van der Waals surface area contributed by atoms with Crippen LogP contribution in [0.15, 0.2) is 34.3 Å². The summed E-state index contributed by atoms with van der Waals surface area (Å²) in [5.74, 6) is 0.811. The SMILES string of the molecule is CC(CSc1ccc(Cl)cc1)=NNC#SN. The van der Waals surface area contributed by atoms with E-state index in [1.807, 2.05) is 31.2 Å². The molecule has 1 aromatic carbocycles. The Kier molecular flexibility index (Phi) is 6.30. The van der Waals surface area contributed by atoms with E-state index in [9.17, 15) is 0 Å². The lowest BCUT2D eigenvalue weighted by Gasteiger charge is -2.01. The first-order valence-electron chi connectivity index (χ1n) is 4.49. The molecule has 0 aromatic heterocycles. The summed E-state index contributed by atoms with van der Waals surface area (Å²) in [5, 5.41) is 12.6. The number of rotatable bonds is 4. The van der Waals surface area contributed by atoms with Gasteiger partial charge in [-0.15, -0.1) is 11.8 Å². The molecule has 0 atom stereocenters. The highest BCUT2D eigenvalue weighted by molar-refractivity contribution is 8.00. The molecule has 3 N–H and O–H groups in total. The fourth-order valence-corrected chi connectivity index (χ4v) is 1.89. The van der Waals surface area contributed by atoms with Gasteiger partial charge in [0.05, 0.1) is 5.31 Å². The van der Waals surface area contributed by atoms with Gasteiger partial charge in [0.2, 0.25) is 0 Å². The zero-order chi connectivity index (χ0) is 11.8. The van der Waals surface area contributed by atoms with Crippen LogP contribution >= 0.6 is 34.7 Å². The van der Waals surface area contributed by atoms with E-state index >= 15 is 0 Å². The maximum atomic E-state index is 5.79. The molecule has 86 valence electrons. The third-order valence-corrected chi connectivity index (χ3v) is 3.24. The first-order valence-corrected chi connectivity index (χ1v) is 6.74. The quantitative estimate of drug-likeness (QED) is 0.292. The molecule has 16 heavy (non-hydrogen) atoms. The number of nitrogens with one attached hydrogen (secondary N) is 1. The minimum atomic E-state index is 0.751. The molecule has 3 nitrogen and oxygen atoms in total. The predicted octanol–water partition coefficient (Wildman–Crippen LogP) is 2.92. The molecule has 0 amide bonds. The van der Waals surface area contributed by atoms with Gasteiger partial charge in [-0.25, -0.2) is 5.43 Å². The van der Waals surface area contributed by atoms with Crippen molar-refractivity contribution >= 4 is 40.4 Å². The maximum Gasteiger partial charge on any atom is 0.0568 e. The molecule has 1 rings (SSSR count). The average Bonchev–Trinajstić information content (AvgIpc) is 2.29. The molecule has 0 aliphatic heterocycles. The first kappa shape index (κ1) is 13.4. The van der Waals surface area contributed by atoms with E-state index in [4.69, 9.17) is 16.7 Å². The summed E-state index contributed by atoms with van der Waals surface area (Å²) in [7, 11) is 0. The van der Waals surface area contributed by atoms with Crippen molar-refractivity contribution in [1.82, 2.24) is 5.43 Å². The van der Waals surface area contributed by atoms with Gasteiger partial charge < -0.3 is 0 Å². The van der Waals surface area contributed by atoms with Crippen molar-refractivity contribution in [1.29, 1.82) is 0 Å². The molecular formula is C10H12ClN3S2. The van der Waals surface area contributed by atoms with Crippen LogP contribution in [0.2, 0.25) is 5.02 Å². The van der Waals surface area contributed by atoms with E-state index in [0.717, 1.165) is 27.8 Å². The van der Waals surface area contributed by atoms with Crippen LogP contribution in [0.5, 0.6) is 0 Å². The summed E-state index contributed by atoms with van der Waals surface area (Å²) in [6.07, 6.45) is 0. The molecule has 0 heterocycles. The molecule has 0 bridgehead atoms. The van der Waals surface area contributed by atoms with Crippen LogP contribution in [0.3, 0.4) is 0 Å². The number of nitrogens with zero attached hydrogens (tertiary/aromatic N) is 1. The van der Waals surface area contributed by atoms with Crippen molar-refractivity contribution in [3.8, 4) is 5.31 Å². The van der Waals surface area contributed by atoms with Crippen LogP contribution in [0.1, 0.15) is 6.92 Å². The Bertz CT molecular complexity index is 420. The molecule has 0 saturated carbocycles. The molecule has 0 fully saturated rings. The Morgan fingerprint density at radius 3 is 2.81 bits per heavy atom. The summed E-state index contributed by atoms with van der Waals surface area (Å²) in [6, 6.07) is 7.73. The lowest BCUT2D eigenvalue weighted by atomic mass is 10.4. The summed E-state index contributed by atoms with van der Waals surface area (Å²) in [6.45, 7) is 1.94. The highest BCUT2D eigenvalue weighted by Crippen LogP contribution is 2.20. The van der Waals surface area contributed by atoms with Crippen molar-refractivity contribution < 1.29 is 0 Å². The van der Waals surface area contributed by atoms with Crippen molar-refractivity contribution in [3.63, 3.8) is 0 Å². The predicted molar refractivity (Wildman–Crippen MR) is 74.1 cm³/mol. The second-order valence-corrected chi connectivity index (χ2v) is 4.85. The monoisotopic (exact) mass is 273 g/mol. The maximum absolute atomic E-state index is 5.79. The first-order chi connectivity index (χ1) is 7.72.